The van der Waals surface area contributed by atoms with Crippen molar-refractivity contribution in [3.05, 3.63) is 60.7 Å². The van der Waals surface area contributed by atoms with E-state index in [4.69, 9.17) is 0 Å². The molecule has 0 bridgehead atoms. The summed E-state index contributed by atoms with van der Waals surface area (Å²) in [5.41, 5.74) is 4.41. The van der Waals surface area contributed by atoms with Gasteiger partial charge in [-0.25, -0.2) is 0 Å². The number of nitrogens with one attached hydrogen (secondary N) is 1. The van der Waals surface area contributed by atoms with E-state index in [0.717, 1.165) is 11.4 Å². The molecule has 1 radical (unpaired) electrons. The number of hydrazine groups is 1. The lowest BCUT2D eigenvalue weighted by Gasteiger charge is -2.10. The third kappa shape index (κ3) is 3.76. The van der Waals surface area contributed by atoms with Crippen LogP contribution >= 0.6 is 0 Å². The van der Waals surface area contributed by atoms with Crippen LogP contribution in [-0.4, -0.2) is 11.7 Å². The number of carbonyl (C=O) groups excluding carboxylic acids is 2. The van der Waals surface area contributed by atoms with E-state index in [2.05, 4.69) is 5.43 Å². The Morgan fingerprint density at radius 2 is 1.35 bits per heavy atom. The van der Waals surface area contributed by atoms with Crippen molar-refractivity contribution in [1.82, 2.24) is 10.4 Å². The van der Waals surface area contributed by atoms with Crippen molar-refractivity contribution in [3.8, 4) is 0 Å². The molecule has 0 heterocycles. The minimum atomic E-state index is -0.329. The summed E-state index contributed by atoms with van der Waals surface area (Å²) in [6.07, 6.45) is -0.129. The predicted molar refractivity (Wildman–Crippen MR) is 77.8 cm³/mol. The summed E-state index contributed by atoms with van der Waals surface area (Å²) in [7, 11) is 0. The lowest BCUT2D eigenvalue weighted by atomic mass is 10.2. The number of carbonyl (C=O) groups is 2. The van der Waals surface area contributed by atoms with Crippen molar-refractivity contribution in [2.75, 3.05) is 0 Å². The van der Waals surface area contributed by atoms with E-state index in [9.17, 15) is 9.59 Å². The maximum atomic E-state index is 11.8. The molecule has 101 valence electrons. The van der Waals surface area contributed by atoms with Crippen LogP contribution in [0, 0.1) is 0 Å². The van der Waals surface area contributed by atoms with E-state index in [1.54, 1.807) is 5.01 Å². The third-order valence-corrected chi connectivity index (χ3v) is 2.67. The van der Waals surface area contributed by atoms with Gasteiger partial charge in [-0.05, 0) is 6.92 Å². The van der Waals surface area contributed by atoms with Crippen molar-refractivity contribution in [2.45, 2.75) is 13.3 Å². The van der Waals surface area contributed by atoms with Crippen LogP contribution in [0.4, 0.5) is 11.4 Å². The van der Waals surface area contributed by atoms with E-state index in [1.807, 2.05) is 60.7 Å². The van der Waals surface area contributed by atoms with Crippen molar-refractivity contribution < 1.29 is 9.59 Å². The number of nitrogens with zero attached hydrogens (tertiary/aromatic N) is 1. The zero-order chi connectivity index (χ0) is 14.4. The molecule has 0 fully saturated rings. The second-order valence-corrected chi connectivity index (χ2v) is 4.42. The average Bonchev–Trinajstić information content (AvgIpc) is 2.46. The summed E-state index contributed by atoms with van der Waals surface area (Å²) in [6, 6.07) is 18.9. The first kappa shape index (κ1) is 14.0. The Morgan fingerprint density at radius 3 is 1.75 bits per heavy atom. The molecular weight excluding hydrogens is 252 g/mol. The molecule has 0 atom stereocenters. The van der Waals surface area contributed by atoms with Crippen LogP contribution < -0.4 is 10.4 Å². The average molecular weight is 268 g/mol. The Morgan fingerprint density at radius 1 is 0.900 bits per heavy atom. The number of hydrogen-bond donors (Lipinski definition) is 1. The molecule has 0 saturated carbocycles. The number of rotatable bonds is 5. The Balaban J connectivity index is 2.26. The zero-order valence-electron chi connectivity index (χ0n) is 11.2. The van der Waals surface area contributed by atoms with Gasteiger partial charge in [-0.3, -0.25) is 9.59 Å². The summed E-state index contributed by atoms with van der Waals surface area (Å²) >= 11 is 0. The molecule has 0 saturated heterocycles. The molecule has 0 aliphatic heterocycles. The van der Waals surface area contributed by atoms with Gasteiger partial charge in [-0.1, -0.05) is 36.4 Å². The van der Waals surface area contributed by atoms with Crippen molar-refractivity contribution in [1.29, 1.82) is 0 Å². The monoisotopic (exact) mass is 268 g/mol. The van der Waals surface area contributed by atoms with Crippen LogP contribution in [-0.2, 0) is 9.59 Å². The number of benzene rings is 2. The first-order valence-corrected chi connectivity index (χ1v) is 6.36. The minimum Gasteiger partial charge on any atom is -0.299 e. The fraction of sp³-hybridized carbons (Fsp3) is 0.125. The molecule has 2 aromatic carbocycles. The van der Waals surface area contributed by atoms with E-state index in [1.165, 1.54) is 6.92 Å². The summed E-state index contributed by atoms with van der Waals surface area (Å²) in [5, 5.41) is 1.67. The second-order valence-electron chi connectivity index (χ2n) is 4.42. The van der Waals surface area contributed by atoms with Gasteiger partial charge in [0.15, 0.2) is 0 Å². The highest BCUT2D eigenvalue weighted by Crippen LogP contribution is 2.21. The van der Waals surface area contributed by atoms with Gasteiger partial charge in [0, 0.05) is 29.3 Å². The van der Waals surface area contributed by atoms with E-state index in [-0.39, 0.29) is 18.1 Å². The molecule has 4 nitrogen and oxygen atoms in total. The smallest absolute Gasteiger partial charge is 0.277 e. The van der Waals surface area contributed by atoms with Gasteiger partial charge in [0.1, 0.15) is 5.78 Å². The predicted octanol–water partition coefficient (Wildman–Crippen LogP) is 2.80. The second kappa shape index (κ2) is 6.63. The Labute approximate surface area is 118 Å². The van der Waals surface area contributed by atoms with Gasteiger partial charge in [0.25, 0.3) is 5.91 Å². The number of para-hydroxylation sites is 2. The number of amides is 1. The number of hydrogen-bond acceptors (Lipinski definition) is 3. The van der Waals surface area contributed by atoms with Gasteiger partial charge in [-0.15, -0.1) is 5.43 Å². The molecule has 4 heteroatoms. The van der Waals surface area contributed by atoms with Crippen molar-refractivity contribution >= 4 is 23.1 Å². The highest BCUT2D eigenvalue weighted by atomic mass is 16.2. The Kier molecular flexibility index (Phi) is 4.63. The molecule has 0 aliphatic rings. The molecule has 2 aromatic rings. The summed E-state index contributed by atoms with van der Waals surface area (Å²) in [6.45, 7) is 1.40. The quantitative estimate of drug-likeness (QED) is 0.515. The van der Waals surface area contributed by atoms with Gasteiger partial charge >= 0.3 is 0 Å². The van der Waals surface area contributed by atoms with Crippen molar-refractivity contribution in [3.63, 3.8) is 0 Å². The molecule has 2 rings (SSSR count). The molecule has 0 aromatic heterocycles. The SMILES string of the molecule is CC(=O)CC(=O)N[N+](c1ccccc1)c1ccccc1. The topological polar surface area (TPSA) is 52.1 Å². The standard InChI is InChI=1S/C16H16N2O2/c1-13(19)12-16(20)17-18(14-8-4-2-5-9-14)15-10-6-3-7-11-15/h2-11H,12H2,1H3,(H,17,20)/q+1. The van der Waals surface area contributed by atoms with Crippen molar-refractivity contribution in [2.24, 2.45) is 0 Å². The molecule has 1 amide bonds. The Bertz CT molecular complexity index is 542. The fourth-order valence-electron chi connectivity index (χ4n) is 1.82. The number of Topliss-reactive ketones (excluding diaryl/α,β-unsaturated/α-hetero) is 1. The molecule has 20 heavy (non-hydrogen) atoms. The van der Waals surface area contributed by atoms with E-state index in [0.29, 0.717) is 0 Å². The highest BCUT2D eigenvalue weighted by molar-refractivity contribution is 5.97. The first-order valence-electron chi connectivity index (χ1n) is 6.36. The van der Waals surface area contributed by atoms with Crippen LogP contribution in [0.3, 0.4) is 0 Å². The normalized spacial score (nSPS) is 10.3. The van der Waals surface area contributed by atoms with Gasteiger partial charge in [0.2, 0.25) is 11.4 Å². The van der Waals surface area contributed by atoms with E-state index >= 15 is 0 Å². The number of ketones is 1. The lowest BCUT2D eigenvalue weighted by Crippen LogP contribution is -2.40. The van der Waals surface area contributed by atoms with Crippen LogP contribution in [0.25, 0.3) is 0 Å². The van der Waals surface area contributed by atoms with E-state index < -0.39 is 0 Å². The largest absolute Gasteiger partial charge is 0.299 e. The Hall–Kier alpha value is -2.46. The van der Waals surface area contributed by atoms with Crippen LogP contribution in [0.15, 0.2) is 60.7 Å². The van der Waals surface area contributed by atoms with Gasteiger partial charge in [0.05, 0.1) is 6.42 Å². The number of anilines is 2. The third-order valence-electron chi connectivity index (χ3n) is 2.67. The first-order chi connectivity index (χ1) is 9.66. The maximum absolute atomic E-state index is 11.8. The molecule has 0 unspecified atom stereocenters. The maximum Gasteiger partial charge on any atom is 0.277 e. The summed E-state index contributed by atoms with van der Waals surface area (Å²) in [4.78, 5) is 22.9. The van der Waals surface area contributed by atoms with Crippen LogP contribution in [0.2, 0.25) is 0 Å². The van der Waals surface area contributed by atoms with Gasteiger partial charge in [-0.2, -0.15) is 0 Å². The molecule has 0 aliphatic carbocycles. The summed E-state index contributed by atoms with van der Waals surface area (Å²) in [5.74, 6) is -0.492. The van der Waals surface area contributed by atoms with Crippen LogP contribution in [0.1, 0.15) is 13.3 Å². The molecule has 1 N–H and O–H groups in total. The molecule has 0 spiro atoms. The lowest BCUT2D eigenvalue weighted by molar-refractivity contribution is -0.128. The van der Waals surface area contributed by atoms with Gasteiger partial charge < -0.3 is 0 Å². The summed E-state index contributed by atoms with van der Waals surface area (Å²) < 4.78 is 0. The van der Waals surface area contributed by atoms with Crippen LogP contribution in [0.5, 0.6) is 0 Å². The fourth-order valence-corrected chi connectivity index (χ4v) is 1.82. The minimum absolute atomic E-state index is 0.129. The highest BCUT2D eigenvalue weighted by Gasteiger charge is 2.25. The zero-order valence-corrected chi connectivity index (χ0v) is 11.2. The molecular formula is C16H16N2O2+.